The Morgan fingerprint density at radius 3 is 2.55 bits per heavy atom. The summed E-state index contributed by atoms with van der Waals surface area (Å²) in [5.41, 5.74) is 6.78. The van der Waals surface area contributed by atoms with E-state index in [9.17, 15) is 14.4 Å². The normalized spacial score (nSPS) is 11.0. The number of aromatic amines is 1. The highest BCUT2D eigenvalue weighted by Crippen LogP contribution is 2.23. The molecule has 1 aromatic carbocycles. The van der Waals surface area contributed by atoms with Gasteiger partial charge in [0.25, 0.3) is 5.56 Å². The van der Waals surface area contributed by atoms with Crippen molar-refractivity contribution in [1.29, 1.82) is 0 Å². The fourth-order valence-corrected chi connectivity index (χ4v) is 3.61. The zero-order chi connectivity index (χ0) is 23.5. The highest BCUT2D eigenvalue weighted by molar-refractivity contribution is 5.96. The van der Waals surface area contributed by atoms with E-state index in [1.165, 1.54) is 15.7 Å². The number of anilines is 2. The van der Waals surface area contributed by atoms with E-state index in [1.807, 2.05) is 30.3 Å². The van der Waals surface area contributed by atoms with Crippen molar-refractivity contribution in [2.75, 3.05) is 10.6 Å². The number of nitrogen functional groups attached to an aromatic ring is 1. The summed E-state index contributed by atoms with van der Waals surface area (Å²) >= 11 is 0. The largest absolute Gasteiger partial charge is 0.467 e. The topological polar surface area (TPSA) is 140 Å². The molecule has 170 valence electrons. The Kier molecular flexibility index (Phi) is 5.99. The second-order valence-corrected chi connectivity index (χ2v) is 7.60. The lowest BCUT2D eigenvalue weighted by Gasteiger charge is -2.24. The number of hydrogen-bond donors (Lipinski definition) is 2. The lowest BCUT2D eigenvalue weighted by atomic mass is 10.1. The first-order chi connectivity index (χ1) is 15.8. The molecule has 0 aliphatic rings. The van der Waals surface area contributed by atoms with Gasteiger partial charge in [0.2, 0.25) is 5.91 Å². The second-order valence-electron chi connectivity index (χ2n) is 7.60. The summed E-state index contributed by atoms with van der Waals surface area (Å²) in [6, 6.07) is 12.5. The number of hydrogen-bond acceptors (Lipinski definition) is 7. The van der Waals surface area contributed by atoms with Crippen LogP contribution in [0.1, 0.15) is 28.3 Å². The van der Waals surface area contributed by atoms with Crippen molar-refractivity contribution in [1.82, 2.24) is 14.7 Å². The number of carbonyl (C=O) groups excluding carboxylic acids is 1. The number of amides is 1. The van der Waals surface area contributed by atoms with Crippen molar-refractivity contribution in [2.45, 2.75) is 33.4 Å². The highest BCUT2D eigenvalue weighted by Gasteiger charge is 2.27. The van der Waals surface area contributed by atoms with Crippen molar-refractivity contribution in [2.24, 2.45) is 0 Å². The van der Waals surface area contributed by atoms with Gasteiger partial charge >= 0.3 is 5.69 Å². The third-order valence-electron chi connectivity index (χ3n) is 5.37. The van der Waals surface area contributed by atoms with Crippen LogP contribution in [0.4, 0.5) is 11.5 Å². The van der Waals surface area contributed by atoms with Crippen molar-refractivity contribution in [3.05, 3.63) is 97.9 Å². The fourth-order valence-electron chi connectivity index (χ4n) is 3.61. The molecular weight excluding hydrogens is 426 g/mol. The summed E-state index contributed by atoms with van der Waals surface area (Å²) in [4.78, 5) is 42.4. The van der Waals surface area contributed by atoms with Gasteiger partial charge in [0, 0.05) is 5.56 Å². The van der Waals surface area contributed by atoms with Crippen LogP contribution in [-0.4, -0.2) is 20.6 Å². The van der Waals surface area contributed by atoms with Crippen LogP contribution in [0, 0.1) is 13.8 Å². The number of H-pyrrole nitrogens is 1. The quantitative estimate of drug-likeness (QED) is 0.440. The maximum Gasteiger partial charge on any atom is 0.330 e. The van der Waals surface area contributed by atoms with Crippen molar-refractivity contribution in [3.8, 4) is 0 Å². The number of carbonyl (C=O) groups is 1. The van der Waals surface area contributed by atoms with Crippen LogP contribution >= 0.6 is 0 Å². The van der Waals surface area contributed by atoms with E-state index in [-0.39, 0.29) is 31.0 Å². The smallest absolute Gasteiger partial charge is 0.330 e. The fraction of sp³-hybridized carbons (Fsp3) is 0.217. The molecule has 3 aromatic heterocycles. The van der Waals surface area contributed by atoms with Gasteiger partial charge in [-0.05, 0) is 31.5 Å². The van der Waals surface area contributed by atoms with Gasteiger partial charge in [-0.25, -0.2) is 4.79 Å². The number of nitrogens with two attached hydrogens (primary N) is 1. The van der Waals surface area contributed by atoms with Crippen LogP contribution in [0.2, 0.25) is 0 Å². The molecule has 4 rings (SSSR count). The Hall–Kier alpha value is -4.34. The van der Waals surface area contributed by atoms with Crippen molar-refractivity contribution in [3.63, 3.8) is 0 Å². The van der Waals surface area contributed by atoms with Gasteiger partial charge in [0.1, 0.15) is 17.3 Å². The van der Waals surface area contributed by atoms with Crippen LogP contribution in [0.5, 0.6) is 0 Å². The molecule has 33 heavy (non-hydrogen) atoms. The molecule has 10 heteroatoms. The maximum atomic E-state index is 13.4. The van der Waals surface area contributed by atoms with E-state index in [0.717, 1.165) is 5.56 Å². The summed E-state index contributed by atoms with van der Waals surface area (Å²) < 4.78 is 11.8. The van der Waals surface area contributed by atoms with Crippen LogP contribution < -0.4 is 21.9 Å². The number of benzene rings is 1. The first kappa shape index (κ1) is 21.9. The minimum Gasteiger partial charge on any atom is -0.467 e. The van der Waals surface area contributed by atoms with Gasteiger partial charge in [-0.2, -0.15) is 0 Å². The lowest BCUT2D eigenvalue weighted by molar-refractivity contribution is -0.118. The summed E-state index contributed by atoms with van der Waals surface area (Å²) in [5, 5.41) is 3.88. The number of nitrogens with zero attached hydrogens (tertiary/aromatic N) is 3. The number of furan rings is 1. The molecule has 0 aliphatic carbocycles. The third-order valence-corrected chi connectivity index (χ3v) is 5.37. The van der Waals surface area contributed by atoms with E-state index in [1.54, 1.807) is 26.0 Å². The van der Waals surface area contributed by atoms with Gasteiger partial charge < -0.3 is 14.7 Å². The zero-order valence-electron chi connectivity index (χ0n) is 18.2. The number of rotatable bonds is 7. The molecular formula is C23H23N5O5. The Bertz CT molecular complexity index is 1360. The molecule has 1 amide bonds. The average Bonchev–Trinajstić information content (AvgIpc) is 3.42. The molecule has 0 spiro atoms. The number of nitrogens with one attached hydrogen (secondary N) is 1. The molecule has 0 saturated carbocycles. The maximum absolute atomic E-state index is 13.4. The summed E-state index contributed by atoms with van der Waals surface area (Å²) in [7, 11) is 0. The van der Waals surface area contributed by atoms with Crippen LogP contribution in [0.25, 0.3) is 0 Å². The Labute approximate surface area is 188 Å². The zero-order valence-corrected chi connectivity index (χ0v) is 18.2. The summed E-state index contributed by atoms with van der Waals surface area (Å²) in [6.07, 6.45) is 1.40. The molecule has 3 heterocycles. The molecule has 0 saturated heterocycles. The molecule has 0 bridgehead atoms. The average molecular weight is 449 g/mol. The minimum atomic E-state index is -0.763. The first-order valence-corrected chi connectivity index (χ1v) is 10.3. The number of aromatic nitrogens is 3. The van der Waals surface area contributed by atoms with E-state index in [0.29, 0.717) is 22.8 Å². The third kappa shape index (κ3) is 4.49. The van der Waals surface area contributed by atoms with Crippen LogP contribution in [0.3, 0.4) is 0 Å². The van der Waals surface area contributed by atoms with Gasteiger partial charge in [-0.3, -0.25) is 24.0 Å². The van der Waals surface area contributed by atoms with E-state index in [4.69, 9.17) is 14.7 Å². The SMILES string of the molecule is Cc1noc(C)c1CC(=O)N(Cc1ccco1)c1c(N)n(Cc2ccccc2)c(=O)[nH]c1=O. The predicted molar refractivity (Wildman–Crippen MR) is 121 cm³/mol. The van der Waals surface area contributed by atoms with Crippen molar-refractivity contribution < 1.29 is 13.7 Å². The molecule has 0 unspecified atom stereocenters. The molecule has 4 aromatic rings. The van der Waals surface area contributed by atoms with E-state index >= 15 is 0 Å². The van der Waals surface area contributed by atoms with E-state index < -0.39 is 17.2 Å². The van der Waals surface area contributed by atoms with Gasteiger partial charge in [-0.1, -0.05) is 35.5 Å². The monoisotopic (exact) mass is 449 g/mol. The van der Waals surface area contributed by atoms with Gasteiger partial charge in [-0.15, -0.1) is 0 Å². The highest BCUT2D eigenvalue weighted by atomic mass is 16.5. The van der Waals surface area contributed by atoms with Crippen LogP contribution in [0.15, 0.2) is 67.3 Å². The first-order valence-electron chi connectivity index (χ1n) is 10.3. The number of aryl methyl sites for hydroxylation is 2. The Morgan fingerprint density at radius 2 is 1.91 bits per heavy atom. The Balaban J connectivity index is 1.79. The Morgan fingerprint density at radius 1 is 1.15 bits per heavy atom. The van der Waals surface area contributed by atoms with Crippen molar-refractivity contribution >= 4 is 17.4 Å². The lowest BCUT2D eigenvalue weighted by Crippen LogP contribution is -2.41. The molecule has 0 fully saturated rings. The van der Waals surface area contributed by atoms with Gasteiger partial charge in [0.05, 0.1) is 31.5 Å². The molecule has 10 nitrogen and oxygen atoms in total. The predicted octanol–water partition coefficient (Wildman–Crippen LogP) is 2.14. The summed E-state index contributed by atoms with van der Waals surface area (Å²) in [6.45, 7) is 3.52. The standard InChI is InChI=1S/C23H23N5O5/c1-14-18(15(2)33-26-14)11-19(29)27(13-17-9-6-10-32-17)20-21(24)28(23(31)25-22(20)30)12-16-7-4-3-5-8-16/h3-10H,11-13,24H2,1-2H3,(H,25,30,31). The second kappa shape index (κ2) is 9.03. The minimum absolute atomic E-state index is 0.0496. The molecule has 0 atom stereocenters. The molecule has 0 radical (unpaired) electrons. The molecule has 3 N–H and O–H groups in total. The van der Waals surface area contributed by atoms with E-state index in [2.05, 4.69) is 10.1 Å². The molecule has 0 aliphatic heterocycles. The summed E-state index contributed by atoms with van der Waals surface area (Å²) in [5.74, 6) is 0.408. The van der Waals surface area contributed by atoms with Gasteiger partial charge in [0.15, 0.2) is 5.69 Å². The van der Waals surface area contributed by atoms with Crippen LogP contribution in [-0.2, 0) is 24.3 Å².